The quantitative estimate of drug-likeness (QED) is 0.548. The Kier molecular flexibility index (Phi) is 7.78. The Morgan fingerprint density at radius 2 is 1.42 bits per heavy atom. The third-order valence-electron chi connectivity index (χ3n) is 4.47. The summed E-state index contributed by atoms with van der Waals surface area (Å²) in [6.07, 6.45) is -11.6. The van der Waals surface area contributed by atoms with E-state index in [1.165, 1.54) is 24.3 Å². The number of halogens is 6. The minimum atomic E-state index is -5.09. The number of nitrogens with one attached hydrogen (secondary N) is 1. The largest absolute Gasteiger partial charge is 0.416 e. The highest BCUT2D eigenvalue weighted by molar-refractivity contribution is 7.91. The Morgan fingerprint density at radius 3 is 1.88 bits per heavy atom. The van der Waals surface area contributed by atoms with Crippen molar-refractivity contribution < 1.29 is 44.3 Å². The van der Waals surface area contributed by atoms with Crippen molar-refractivity contribution in [3.05, 3.63) is 65.2 Å². The monoisotopic (exact) mass is 496 g/mol. The summed E-state index contributed by atoms with van der Waals surface area (Å²) in [5.41, 5.74) is 1.37. The molecule has 0 bridgehead atoms. The number of carbonyl (C=O) groups excluding carboxylic acids is 2. The number of alkyl halides is 6. The second kappa shape index (κ2) is 9.81. The SMILES string of the molecule is NC(=O)[C@H](CCS(=O)(=O)c1ccccc1)NC(=O)Cc1cc(C(F)(F)F)cc(C(F)(F)F)c1. The molecule has 0 heterocycles. The van der Waals surface area contributed by atoms with E-state index in [1.807, 2.05) is 0 Å². The fourth-order valence-corrected chi connectivity index (χ4v) is 4.21. The van der Waals surface area contributed by atoms with E-state index in [4.69, 9.17) is 5.73 Å². The molecule has 1 atom stereocenters. The maximum absolute atomic E-state index is 13.0. The Bertz CT molecular complexity index is 1080. The van der Waals surface area contributed by atoms with Crippen molar-refractivity contribution in [3.8, 4) is 0 Å². The van der Waals surface area contributed by atoms with E-state index in [0.29, 0.717) is 12.1 Å². The molecule has 13 heteroatoms. The van der Waals surface area contributed by atoms with Crippen LogP contribution in [0.15, 0.2) is 53.4 Å². The number of hydrogen-bond donors (Lipinski definition) is 2. The lowest BCUT2D eigenvalue weighted by Gasteiger charge is -2.17. The first-order chi connectivity index (χ1) is 15.1. The topological polar surface area (TPSA) is 106 Å². The van der Waals surface area contributed by atoms with Crippen LogP contribution < -0.4 is 11.1 Å². The van der Waals surface area contributed by atoms with Crippen LogP contribution >= 0.6 is 0 Å². The van der Waals surface area contributed by atoms with Crippen molar-refractivity contribution in [3.63, 3.8) is 0 Å². The summed E-state index contributed by atoms with van der Waals surface area (Å²) < 4.78 is 102. The van der Waals surface area contributed by atoms with E-state index >= 15 is 0 Å². The van der Waals surface area contributed by atoms with Crippen LogP contribution in [0.1, 0.15) is 23.1 Å². The molecule has 0 saturated heterocycles. The van der Waals surface area contributed by atoms with Crippen LogP contribution in [0.3, 0.4) is 0 Å². The third kappa shape index (κ3) is 7.48. The first kappa shape index (κ1) is 26.2. The number of amides is 2. The molecule has 0 radical (unpaired) electrons. The van der Waals surface area contributed by atoms with Crippen molar-refractivity contribution in [2.24, 2.45) is 5.73 Å². The molecule has 2 aromatic rings. The van der Waals surface area contributed by atoms with Gasteiger partial charge in [-0.05, 0) is 42.3 Å². The Hall–Kier alpha value is -3.09. The highest BCUT2D eigenvalue weighted by atomic mass is 32.2. The van der Waals surface area contributed by atoms with E-state index in [2.05, 4.69) is 5.32 Å². The lowest BCUT2D eigenvalue weighted by Crippen LogP contribution is -2.46. The smallest absolute Gasteiger partial charge is 0.368 e. The molecule has 0 aromatic heterocycles. The minimum Gasteiger partial charge on any atom is -0.368 e. The van der Waals surface area contributed by atoms with Crippen molar-refractivity contribution in [1.29, 1.82) is 0 Å². The van der Waals surface area contributed by atoms with Gasteiger partial charge < -0.3 is 11.1 Å². The standard InChI is InChI=1S/C20H18F6N2O4S/c21-19(22,23)13-8-12(9-14(11-13)20(24,25)26)10-17(29)28-16(18(27)30)6-7-33(31,32)15-4-2-1-3-5-15/h1-5,8-9,11,16H,6-7,10H2,(H2,27,30)(H,28,29)/t16-/m0/s1. The summed E-state index contributed by atoms with van der Waals surface area (Å²) in [7, 11) is -3.84. The number of nitrogens with two attached hydrogens (primary N) is 1. The zero-order chi connectivity index (χ0) is 25.0. The fraction of sp³-hybridized carbons (Fsp3) is 0.300. The van der Waals surface area contributed by atoms with E-state index in [9.17, 15) is 44.3 Å². The van der Waals surface area contributed by atoms with Gasteiger partial charge in [0.25, 0.3) is 0 Å². The van der Waals surface area contributed by atoms with Gasteiger partial charge in [0, 0.05) is 0 Å². The van der Waals surface area contributed by atoms with Gasteiger partial charge in [-0.2, -0.15) is 26.3 Å². The molecule has 0 aliphatic carbocycles. The van der Waals surface area contributed by atoms with Crippen LogP contribution in [0.4, 0.5) is 26.3 Å². The molecule has 6 nitrogen and oxygen atoms in total. The van der Waals surface area contributed by atoms with Crippen LogP contribution in [-0.2, 0) is 38.2 Å². The number of carbonyl (C=O) groups is 2. The number of primary amides is 1. The second-order valence-electron chi connectivity index (χ2n) is 7.03. The van der Waals surface area contributed by atoms with E-state index in [-0.39, 0.29) is 11.0 Å². The summed E-state index contributed by atoms with van der Waals surface area (Å²) >= 11 is 0. The summed E-state index contributed by atoms with van der Waals surface area (Å²) in [6, 6.07) is 6.35. The van der Waals surface area contributed by atoms with Crippen LogP contribution in [-0.4, -0.2) is 32.0 Å². The lowest BCUT2D eigenvalue weighted by molar-refractivity contribution is -0.143. The third-order valence-corrected chi connectivity index (χ3v) is 6.23. The molecule has 0 aliphatic rings. The molecular weight excluding hydrogens is 478 g/mol. The van der Waals surface area contributed by atoms with Gasteiger partial charge in [-0.25, -0.2) is 8.42 Å². The van der Waals surface area contributed by atoms with E-state index in [0.717, 1.165) is 0 Å². The zero-order valence-corrected chi connectivity index (χ0v) is 17.5. The van der Waals surface area contributed by atoms with E-state index in [1.54, 1.807) is 6.07 Å². The van der Waals surface area contributed by atoms with Crippen molar-refractivity contribution in [2.75, 3.05) is 5.75 Å². The fourth-order valence-electron chi connectivity index (χ4n) is 2.86. The van der Waals surface area contributed by atoms with Gasteiger partial charge in [-0.1, -0.05) is 18.2 Å². The second-order valence-corrected chi connectivity index (χ2v) is 9.14. The summed E-state index contributed by atoms with van der Waals surface area (Å²) in [4.78, 5) is 23.8. The molecule has 0 unspecified atom stereocenters. The van der Waals surface area contributed by atoms with Gasteiger partial charge >= 0.3 is 12.4 Å². The molecular formula is C20H18F6N2O4S. The molecule has 2 aromatic carbocycles. The van der Waals surface area contributed by atoms with Gasteiger partial charge in [0.05, 0.1) is 28.2 Å². The number of sulfone groups is 1. The van der Waals surface area contributed by atoms with Crippen molar-refractivity contribution >= 4 is 21.7 Å². The van der Waals surface area contributed by atoms with E-state index < -0.39 is 75.3 Å². The molecule has 2 rings (SSSR count). The number of rotatable bonds is 8. The van der Waals surface area contributed by atoms with Gasteiger partial charge in [-0.3, -0.25) is 9.59 Å². The summed E-state index contributed by atoms with van der Waals surface area (Å²) in [5.74, 6) is -2.82. The minimum absolute atomic E-state index is 0.0387. The molecule has 0 saturated carbocycles. The highest BCUT2D eigenvalue weighted by Gasteiger charge is 2.37. The Balaban J connectivity index is 2.16. The van der Waals surface area contributed by atoms with Crippen molar-refractivity contribution in [1.82, 2.24) is 5.32 Å². The molecule has 180 valence electrons. The first-order valence-corrected chi connectivity index (χ1v) is 10.9. The van der Waals surface area contributed by atoms with Crippen LogP contribution in [0, 0.1) is 0 Å². The van der Waals surface area contributed by atoms with Crippen molar-refractivity contribution in [2.45, 2.75) is 36.1 Å². The average Bonchev–Trinajstić information content (AvgIpc) is 2.70. The molecule has 0 spiro atoms. The number of benzene rings is 2. The number of hydrogen-bond acceptors (Lipinski definition) is 4. The maximum Gasteiger partial charge on any atom is 0.416 e. The molecule has 0 aliphatic heterocycles. The average molecular weight is 496 g/mol. The van der Waals surface area contributed by atoms with Crippen LogP contribution in [0.25, 0.3) is 0 Å². The molecule has 0 fully saturated rings. The Morgan fingerprint density at radius 1 is 0.909 bits per heavy atom. The molecule has 33 heavy (non-hydrogen) atoms. The highest BCUT2D eigenvalue weighted by Crippen LogP contribution is 2.36. The predicted molar refractivity (Wildman–Crippen MR) is 104 cm³/mol. The normalized spacial score (nSPS) is 13.4. The summed E-state index contributed by atoms with van der Waals surface area (Å²) in [5, 5.41) is 2.06. The lowest BCUT2D eigenvalue weighted by atomic mass is 10.0. The maximum atomic E-state index is 13.0. The first-order valence-electron chi connectivity index (χ1n) is 9.24. The van der Waals surface area contributed by atoms with Gasteiger partial charge in [0.1, 0.15) is 6.04 Å². The Labute approximate surface area is 184 Å². The van der Waals surface area contributed by atoms with Crippen LogP contribution in [0.2, 0.25) is 0 Å². The molecule has 2 amide bonds. The predicted octanol–water partition coefficient (Wildman–Crippen LogP) is 3.10. The molecule has 3 N–H and O–H groups in total. The zero-order valence-electron chi connectivity index (χ0n) is 16.7. The van der Waals surface area contributed by atoms with Gasteiger partial charge in [-0.15, -0.1) is 0 Å². The van der Waals surface area contributed by atoms with Crippen LogP contribution in [0.5, 0.6) is 0 Å². The summed E-state index contributed by atoms with van der Waals surface area (Å²) in [6.45, 7) is 0. The van der Waals surface area contributed by atoms with Gasteiger partial charge in [0.15, 0.2) is 9.84 Å². The van der Waals surface area contributed by atoms with Gasteiger partial charge in [0.2, 0.25) is 11.8 Å².